The van der Waals surface area contributed by atoms with Crippen molar-refractivity contribution in [2.24, 2.45) is 0 Å². The quantitative estimate of drug-likeness (QED) is 0.734. The van der Waals surface area contributed by atoms with Crippen molar-refractivity contribution in [1.82, 2.24) is 4.98 Å². The van der Waals surface area contributed by atoms with Crippen molar-refractivity contribution >= 4 is 0 Å². The summed E-state index contributed by atoms with van der Waals surface area (Å²) in [5.74, 6) is 0.674. The van der Waals surface area contributed by atoms with Crippen LogP contribution in [0.5, 0.6) is 11.5 Å². The molecule has 0 N–H and O–H groups in total. The van der Waals surface area contributed by atoms with E-state index >= 15 is 0 Å². The van der Waals surface area contributed by atoms with Crippen molar-refractivity contribution in [2.45, 2.75) is 33.1 Å². The average molecular weight is 259 g/mol. The molecule has 0 aliphatic carbocycles. The van der Waals surface area contributed by atoms with Crippen LogP contribution in [0.2, 0.25) is 0 Å². The Hall–Kier alpha value is -1.90. The first-order chi connectivity index (χ1) is 8.86. The third kappa shape index (κ3) is 3.31. The topological polar surface area (TPSA) is 22.1 Å². The highest BCUT2D eigenvalue weighted by Gasteiger charge is 2.19. The molecule has 0 saturated carbocycles. The lowest BCUT2D eigenvalue weighted by molar-refractivity contribution is 0.448. The fourth-order valence-electron chi connectivity index (χ4n) is 1.89. The molecule has 1 aromatic heterocycles. The summed E-state index contributed by atoms with van der Waals surface area (Å²) in [7, 11) is 0. The summed E-state index contributed by atoms with van der Waals surface area (Å²) in [6, 6.07) is 8.95. The largest absolute Gasteiger partial charge is 0.457 e. The van der Waals surface area contributed by atoms with E-state index in [4.69, 9.17) is 4.74 Å². The lowest BCUT2D eigenvalue weighted by Gasteiger charge is -2.23. The summed E-state index contributed by atoms with van der Waals surface area (Å²) >= 11 is 0. The third-order valence-corrected chi connectivity index (χ3v) is 2.87. The molecular weight excluding hydrogens is 241 g/mol. The van der Waals surface area contributed by atoms with Gasteiger partial charge >= 0.3 is 0 Å². The van der Waals surface area contributed by atoms with Crippen LogP contribution in [-0.4, -0.2) is 4.98 Å². The monoisotopic (exact) mass is 259 g/mol. The Bertz CT molecular complexity index is 588. The zero-order valence-electron chi connectivity index (χ0n) is 11.7. The number of halogens is 1. The van der Waals surface area contributed by atoms with Crippen LogP contribution in [0.3, 0.4) is 0 Å². The highest BCUT2D eigenvalue weighted by atomic mass is 19.1. The minimum Gasteiger partial charge on any atom is -0.457 e. The van der Waals surface area contributed by atoms with E-state index < -0.39 is 5.95 Å². The van der Waals surface area contributed by atoms with Gasteiger partial charge in [0.1, 0.15) is 11.5 Å². The van der Waals surface area contributed by atoms with Gasteiger partial charge in [0.2, 0.25) is 5.95 Å². The molecule has 2 aromatic rings. The van der Waals surface area contributed by atoms with Gasteiger partial charge in [-0.1, -0.05) is 38.5 Å². The predicted octanol–water partition coefficient (Wildman–Crippen LogP) is 4.62. The van der Waals surface area contributed by atoms with E-state index in [9.17, 15) is 4.39 Å². The van der Waals surface area contributed by atoms with E-state index in [-0.39, 0.29) is 5.41 Å². The number of hydrogen-bond donors (Lipinski definition) is 0. The molecule has 0 fully saturated rings. The molecule has 0 amide bonds. The van der Waals surface area contributed by atoms with Crippen LogP contribution in [0.15, 0.2) is 36.5 Å². The summed E-state index contributed by atoms with van der Waals surface area (Å²) < 4.78 is 18.9. The number of aromatic nitrogens is 1. The first-order valence-electron chi connectivity index (χ1n) is 6.27. The molecule has 0 bridgehead atoms. The molecule has 2 nitrogen and oxygen atoms in total. The van der Waals surface area contributed by atoms with Gasteiger partial charge in [-0.2, -0.15) is 4.39 Å². The standard InChI is InChI=1S/C16H18FNO/c1-11-5-6-14(13(9-11)16(2,3)4)19-12-7-8-18-15(17)10-12/h5-10H,1-4H3. The second-order valence-corrected chi connectivity index (χ2v) is 5.67. The highest BCUT2D eigenvalue weighted by molar-refractivity contribution is 5.43. The Balaban J connectivity index is 2.40. The Morgan fingerprint density at radius 1 is 1.11 bits per heavy atom. The van der Waals surface area contributed by atoms with Crippen LogP contribution in [0.25, 0.3) is 0 Å². The Morgan fingerprint density at radius 2 is 1.84 bits per heavy atom. The maximum absolute atomic E-state index is 13.1. The SMILES string of the molecule is Cc1ccc(Oc2ccnc(F)c2)c(C(C)(C)C)c1. The number of rotatable bonds is 2. The van der Waals surface area contributed by atoms with Crippen molar-refractivity contribution in [3.05, 3.63) is 53.6 Å². The van der Waals surface area contributed by atoms with E-state index in [0.717, 1.165) is 11.3 Å². The minimum atomic E-state index is -0.540. The summed E-state index contributed by atoms with van der Waals surface area (Å²) in [5.41, 5.74) is 2.25. The molecule has 2 rings (SSSR count). The molecule has 1 heterocycles. The summed E-state index contributed by atoms with van der Waals surface area (Å²) in [4.78, 5) is 3.52. The average Bonchev–Trinajstić information content (AvgIpc) is 2.30. The zero-order valence-corrected chi connectivity index (χ0v) is 11.7. The number of hydrogen-bond acceptors (Lipinski definition) is 2. The van der Waals surface area contributed by atoms with Gasteiger partial charge in [-0.05, 0) is 24.5 Å². The van der Waals surface area contributed by atoms with Crippen LogP contribution >= 0.6 is 0 Å². The number of benzene rings is 1. The van der Waals surface area contributed by atoms with Gasteiger partial charge < -0.3 is 4.74 Å². The summed E-state index contributed by atoms with van der Waals surface area (Å²) in [6.45, 7) is 8.43. The number of ether oxygens (including phenoxy) is 1. The van der Waals surface area contributed by atoms with Gasteiger partial charge in [0.15, 0.2) is 0 Å². The molecule has 0 atom stereocenters. The van der Waals surface area contributed by atoms with Gasteiger partial charge in [-0.25, -0.2) is 4.98 Å². The molecule has 100 valence electrons. The molecule has 0 unspecified atom stereocenters. The molecule has 0 saturated heterocycles. The van der Waals surface area contributed by atoms with Crippen molar-refractivity contribution in [2.75, 3.05) is 0 Å². The van der Waals surface area contributed by atoms with Crippen molar-refractivity contribution in [3.8, 4) is 11.5 Å². The summed E-state index contributed by atoms with van der Waals surface area (Å²) in [6.07, 6.45) is 1.40. The van der Waals surface area contributed by atoms with Gasteiger partial charge in [-0.3, -0.25) is 0 Å². The number of nitrogens with zero attached hydrogens (tertiary/aromatic N) is 1. The fraction of sp³-hybridized carbons (Fsp3) is 0.312. The Labute approximate surface area is 113 Å². The van der Waals surface area contributed by atoms with E-state index in [0.29, 0.717) is 5.75 Å². The first kappa shape index (κ1) is 13.5. The lowest BCUT2D eigenvalue weighted by Crippen LogP contribution is -2.12. The summed E-state index contributed by atoms with van der Waals surface area (Å²) in [5, 5.41) is 0. The lowest BCUT2D eigenvalue weighted by atomic mass is 9.85. The maximum Gasteiger partial charge on any atom is 0.216 e. The van der Waals surface area contributed by atoms with Crippen LogP contribution in [0.1, 0.15) is 31.9 Å². The van der Waals surface area contributed by atoms with E-state index in [1.54, 1.807) is 6.07 Å². The van der Waals surface area contributed by atoms with Gasteiger partial charge in [0.25, 0.3) is 0 Å². The molecule has 1 aromatic carbocycles. The molecule has 19 heavy (non-hydrogen) atoms. The van der Waals surface area contributed by atoms with Crippen LogP contribution in [0.4, 0.5) is 4.39 Å². The first-order valence-corrected chi connectivity index (χ1v) is 6.27. The molecular formula is C16H18FNO. The van der Waals surface area contributed by atoms with Crippen molar-refractivity contribution in [3.63, 3.8) is 0 Å². The van der Waals surface area contributed by atoms with Gasteiger partial charge in [-0.15, -0.1) is 0 Å². The highest BCUT2D eigenvalue weighted by Crippen LogP contribution is 2.34. The van der Waals surface area contributed by atoms with Crippen molar-refractivity contribution < 1.29 is 9.13 Å². The Morgan fingerprint density at radius 3 is 2.47 bits per heavy atom. The molecule has 0 aliphatic heterocycles. The van der Waals surface area contributed by atoms with E-state index in [1.807, 2.05) is 19.1 Å². The molecule has 0 radical (unpaired) electrons. The number of aryl methyl sites for hydroxylation is 1. The van der Waals surface area contributed by atoms with E-state index in [1.165, 1.54) is 17.8 Å². The second-order valence-electron chi connectivity index (χ2n) is 5.67. The van der Waals surface area contributed by atoms with Crippen molar-refractivity contribution in [1.29, 1.82) is 0 Å². The molecule has 3 heteroatoms. The Kier molecular flexibility index (Phi) is 3.56. The number of pyridine rings is 1. The van der Waals surface area contributed by atoms with Crippen LogP contribution < -0.4 is 4.74 Å². The normalized spacial score (nSPS) is 11.4. The fourth-order valence-corrected chi connectivity index (χ4v) is 1.89. The zero-order chi connectivity index (χ0) is 14.0. The van der Waals surface area contributed by atoms with Gasteiger partial charge in [0.05, 0.1) is 0 Å². The van der Waals surface area contributed by atoms with Crippen LogP contribution in [0, 0.1) is 12.9 Å². The smallest absolute Gasteiger partial charge is 0.216 e. The maximum atomic E-state index is 13.1. The third-order valence-electron chi connectivity index (χ3n) is 2.87. The van der Waals surface area contributed by atoms with Gasteiger partial charge in [0, 0.05) is 17.8 Å². The molecule has 0 aliphatic rings. The molecule has 0 spiro atoms. The van der Waals surface area contributed by atoms with E-state index in [2.05, 4.69) is 31.8 Å². The van der Waals surface area contributed by atoms with Crippen LogP contribution in [-0.2, 0) is 5.41 Å². The minimum absolute atomic E-state index is 0.0348. The second kappa shape index (κ2) is 5.00. The predicted molar refractivity (Wildman–Crippen MR) is 74.1 cm³/mol.